The molecule has 1 aromatic rings. The van der Waals surface area contributed by atoms with Gasteiger partial charge in [0.15, 0.2) is 0 Å². The Bertz CT molecular complexity index is 423. The van der Waals surface area contributed by atoms with E-state index in [0.717, 1.165) is 0 Å². The number of nitrogens with two attached hydrogens (primary N) is 1. The SMILES string of the molecule is COc1cc(Cl)nc(NC(=O)C(C)(C)CN)n1. The summed E-state index contributed by atoms with van der Waals surface area (Å²) in [5.41, 5.74) is 4.80. The first kappa shape index (κ1) is 13.7. The number of ether oxygens (including phenoxy) is 1. The highest BCUT2D eigenvalue weighted by Gasteiger charge is 2.26. The molecule has 0 unspecified atom stereocenters. The molecule has 0 radical (unpaired) electrons. The molecule has 17 heavy (non-hydrogen) atoms. The molecule has 0 atom stereocenters. The van der Waals surface area contributed by atoms with Crippen LogP contribution in [0.4, 0.5) is 5.95 Å². The highest BCUT2D eigenvalue weighted by atomic mass is 35.5. The normalized spacial score (nSPS) is 11.1. The zero-order valence-electron chi connectivity index (χ0n) is 9.95. The Hall–Kier alpha value is -1.40. The first-order valence-corrected chi connectivity index (χ1v) is 5.37. The number of rotatable bonds is 4. The lowest BCUT2D eigenvalue weighted by atomic mass is 9.93. The van der Waals surface area contributed by atoms with Gasteiger partial charge in [-0.15, -0.1) is 0 Å². The van der Waals surface area contributed by atoms with E-state index in [1.807, 2.05) is 0 Å². The van der Waals surface area contributed by atoms with Gasteiger partial charge in [0.1, 0.15) is 5.15 Å². The van der Waals surface area contributed by atoms with E-state index in [2.05, 4.69) is 15.3 Å². The Morgan fingerprint density at radius 1 is 1.59 bits per heavy atom. The smallest absolute Gasteiger partial charge is 0.234 e. The summed E-state index contributed by atoms with van der Waals surface area (Å²) in [6.45, 7) is 3.67. The van der Waals surface area contributed by atoms with Gasteiger partial charge in [0, 0.05) is 12.6 Å². The second-order valence-electron chi connectivity index (χ2n) is 4.10. The molecule has 0 saturated carbocycles. The minimum atomic E-state index is -0.696. The number of carbonyl (C=O) groups excluding carboxylic acids is 1. The van der Waals surface area contributed by atoms with E-state index in [1.165, 1.54) is 13.2 Å². The summed E-state index contributed by atoms with van der Waals surface area (Å²) >= 11 is 5.75. The molecule has 0 saturated heterocycles. The fourth-order valence-corrected chi connectivity index (χ4v) is 1.09. The van der Waals surface area contributed by atoms with Gasteiger partial charge in [-0.1, -0.05) is 11.6 Å². The maximum atomic E-state index is 11.8. The highest BCUT2D eigenvalue weighted by molar-refractivity contribution is 6.29. The van der Waals surface area contributed by atoms with E-state index in [1.54, 1.807) is 13.8 Å². The monoisotopic (exact) mass is 258 g/mol. The van der Waals surface area contributed by atoms with Crippen LogP contribution in [0.2, 0.25) is 5.15 Å². The van der Waals surface area contributed by atoms with Gasteiger partial charge in [-0.2, -0.15) is 4.98 Å². The molecule has 3 N–H and O–H groups in total. The standard InChI is InChI=1S/C10H15ClN4O2/c1-10(2,5-12)8(16)15-9-13-6(11)4-7(14-9)17-3/h4H,5,12H2,1-3H3,(H,13,14,15,16). The second kappa shape index (κ2) is 5.29. The summed E-state index contributed by atoms with van der Waals surface area (Å²) in [6.07, 6.45) is 0. The Morgan fingerprint density at radius 2 is 2.24 bits per heavy atom. The number of amides is 1. The lowest BCUT2D eigenvalue weighted by molar-refractivity contribution is -0.123. The quantitative estimate of drug-likeness (QED) is 0.788. The molecule has 6 nitrogen and oxygen atoms in total. The molecule has 1 amide bonds. The van der Waals surface area contributed by atoms with Crippen molar-refractivity contribution in [3.8, 4) is 5.88 Å². The number of hydrogen-bond donors (Lipinski definition) is 2. The first-order valence-electron chi connectivity index (χ1n) is 4.99. The van der Waals surface area contributed by atoms with Crippen molar-refractivity contribution in [3.63, 3.8) is 0 Å². The van der Waals surface area contributed by atoms with Crippen LogP contribution in [0.5, 0.6) is 5.88 Å². The third kappa shape index (κ3) is 3.54. The Labute approximate surface area is 105 Å². The number of anilines is 1. The number of carbonyl (C=O) groups is 1. The van der Waals surface area contributed by atoms with Crippen molar-refractivity contribution in [2.75, 3.05) is 19.0 Å². The molecule has 0 aliphatic heterocycles. The molecule has 0 aromatic carbocycles. The first-order chi connectivity index (χ1) is 7.89. The maximum Gasteiger partial charge on any atom is 0.234 e. The van der Waals surface area contributed by atoms with Crippen molar-refractivity contribution in [1.29, 1.82) is 0 Å². The topological polar surface area (TPSA) is 90.1 Å². The van der Waals surface area contributed by atoms with Gasteiger partial charge < -0.3 is 10.5 Å². The molecule has 0 aliphatic rings. The number of halogens is 1. The fraction of sp³-hybridized carbons (Fsp3) is 0.500. The summed E-state index contributed by atoms with van der Waals surface area (Å²) in [5, 5.41) is 2.74. The number of nitrogens with zero attached hydrogens (tertiary/aromatic N) is 2. The third-order valence-corrected chi connectivity index (χ3v) is 2.42. The maximum absolute atomic E-state index is 11.8. The number of aromatic nitrogens is 2. The van der Waals surface area contributed by atoms with Crippen molar-refractivity contribution in [2.45, 2.75) is 13.8 Å². The van der Waals surface area contributed by atoms with Crippen LogP contribution >= 0.6 is 11.6 Å². The lowest BCUT2D eigenvalue weighted by Crippen LogP contribution is -2.37. The van der Waals surface area contributed by atoms with Crippen molar-refractivity contribution in [2.24, 2.45) is 11.1 Å². The summed E-state index contributed by atoms with van der Waals surface area (Å²) in [6, 6.07) is 1.45. The predicted molar refractivity (Wildman–Crippen MR) is 65.1 cm³/mol. The van der Waals surface area contributed by atoms with Crippen molar-refractivity contribution in [3.05, 3.63) is 11.2 Å². The second-order valence-corrected chi connectivity index (χ2v) is 4.49. The number of nitrogens with one attached hydrogen (secondary N) is 1. The largest absolute Gasteiger partial charge is 0.481 e. The zero-order valence-corrected chi connectivity index (χ0v) is 10.7. The van der Waals surface area contributed by atoms with Gasteiger partial charge in [0.05, 0.1) is 12.5 Å². The molecule has 1 rings (SSSR count). The molecule has 1 aromatic heterocycles. The highest BCUT2D eigenvalue weighted by Crippen LogP contribution is 2.19. The van der Waals surface area contributed by atoms with Crippen molar-refractivity contribution in [1.82, 2.24) is 9.97 Å². The Kier molecular flexibility index (Phi) is 4.25. The van der Waals surface area contributed by atoms with Crippen LogP contribution in [-0.2, 0) is 4.79 Å². The molecular weight excluding hydrogens is 244 g/mol. The molecular formula is C10H15ClN4O2. The van der Waals surface area contributed by atoms with Crippen LogP contribution in [0.15, 0.2) is 6.07 Å². The summed E-state index contributed by atoms with van der Waals surface area (Å²) < 4.78 is 4.92. The molecule has 7 heteroatoms. The zero-order chi connectivity index (χ0) is 13.1. The predicted octanol–water partition coefficient (Wildman–Crippen LogP) is 1.06. The molecule has 0 spiro atoms. The minimum absolute atomic E-state index is 0.0980. The van der Waals surface area contributed by atoms with E-state index in [0.29, 0.717) is 0 Å². The van der Waals surface area contributed by atoms with Crippen molar-refractivity contribution < 1.29 is 9.53 Å². The van der Waals surface area contributed by atoms with Crippen LogP contribution in [0.3, 0.4) is 0 Å². The van der Waals surface area contributed by atoms with Gasteiger partial charge in [-0.05, 0) is 13.8 Å². The average molecular weight is 259 g/mol. The average Bonchev–Trinajstić information content (AvgIpc) is 2.28. The van der Waals surface area contributed by atoms with Gasteiger partial charge >= 0.3 is 0 Å². The number of hydrogen-bond acceptors (Lipinski definition) is 5. The van der Waals surface area contributed by atoms with Crippen LogP contribution in [0, 0.1) is 5.41 Å². The van der Waals surface area contributed by atoms with Gasteiger partial charge in [0.2, 0.25) is 17.7 Å². The summed E-state index contributed by atoms with van der Waals surface area (Å²) in [7, 11) is 1.45. The van der Waals surface area contributed by atoms with E-state index in [9.17, 15) is 4.79 Å². The Balaban J connectivity index is 2.88. The molecule has 0 bridgehead atoms. The van der Waals surface area contributed by atoms with Crippen LogP contribution in [0.1, 0.15) is 13.8 Å². The molecule has 0 fully saturated rings. The summed E-state index contributed by atoms with van der Waals surface area (Å²) in [4.78, 5) is 19.6. The molecule has 1 heterocycles. The molecule has 0 aliphatic carbocycles. The van der Waals surface area contributed by atoms with E-state index in [-0.39, 0.29) is 29.4 Å². The lowest BCUT2D eigenvalue weighted by Gasteiger charge is -2.20. The summed E-state index contributed by atoms with van der Waals surface area (Å²) in [5.74, 6) is 0.107. The van der Waals surface area contributed by atoms with Gasteiger partial charge in [-0.25, -0.2) is 4.98 Å². The van der Waals surface area contributed by atoms with E-state index in [4.69, 9.17) is 22.1 Å². The van der Waals surface area contributed by atoms with E-state index >= 15 is 0 Å². The molecule has 94 valence electrons. The van der Waals surface area contributed by atoms with Crippen LogP contribution in [-0.4, -0.2) is 29.5 Å². The van der Waals surface area contributed by atoms with Crippen molar-refractivity contribution >= 4 is 23.5 Å². The minimum Gasteiger partial charge on any atom is -0.481 e. The fourth-order valence-electron chi connectivity index (χ4n) is 0.921. The van der Waals surface area contributed by atoms with Crippen LogP contribution < -0.4 is 15.8 Å². The van der Waals surface area contributed by atoms with Gasteiger partial charge in [0.25, 0.3) is 0 Å². The van der Waals surface area contributed by atoms with Crippen LogP contribution in [0.25, 0.3) is 0 Å². The number of methoxy groups -OCH3 is 1. The van der Waals surface area contributed by atoms with E-state index < -0.39 is 5.41 Å². The Morgan fingerprint density at radius 3 is 2.76 bits per heavy atom. The van der Waals surface area contributed by atoms with Gasteiger partial charge in [-0.3, -0.25) is 10.1 Å². The third-order valence-electron chi connectivity index (χ3n) is 2.23.